The number of para-hydroxylation sites is 1. The zero-order chi connectivity index (χ0) is 11.1. The Morgan fingerprint density at radius 3 is 2.73 bits per heavy atom. The van der Waals surface area contributed by atoms with Crippen molar-refractivity contribution in [2.24, 2.45) is 0 Å². The summed E-state index contributed by atoms with van der Waals surface area (Å²) in [5.74, 6) is 0.647. The molecule has 0 aliphatic rings. The first-order valence-corrected chi connectivity index (χ1v) is 5.31. The number of carbonyl (C=O) groups excluding carboxylic acids is 1. The maximum absolute atomic E-state index is 11.3. The fraction of sp³-hybridized carbons (Fsp3) is 0.417. The van der Waals surface area contributed by atoms with Gasteiger partial charge >= 0.3 is 6.09 Å². The van der Waals surface area contributed by atoms with Crippen molar-refractivity contribution in [1.29, 1.82) is 0 Å². The Kier molecular flexibility index (Phi) is 4.68. The highest BCUT2D eigenvalue weighted by Crippen LogP contribution is 2.18. The van der Waals surface area contributed by atoms with Crippen molar-refractivity contribution >= 4 is 6.09 Å². The largest absolute Gasteiger partial charge is 0.412 e. The second-order valence-electron chi connectivity index (χ2n) is 3.28. The lowest BCUT2D eigenvalue weighted by Crippen LogP contribution is -2.27. The zero-order valence-electron chi connectivity index (χ0n) is 9.25. The summed E-state index contributed by atoms with van der Waals surface area (Å²) in [5, 5.41) is 2.67. The predicted octanol–water partition coefficient (Wildman–Crippen LogP) is 2.75. The molecule has 0 saturated heterocycles. The molecule has 0 heterocycles. The predicted molar refractivity (Wildman–Crippen MR) is 60.1 cm³/mol. The number of hydrogen-bond donors (Lipinski definition) is 1. The molecule has 0 fully saturated rings. The maximum Gasteiger partial charge on any atom is 0.412 e. The Bertz CT molecular complexity index is 323. The van der Waals surface area contributed by atoms with Crippen molar-refractivity contribution in [3.63, 3.8) is 0 Å². The summed E-state index contributed by atoms with van der Waals surface area (Å²) in [4.78, 5) is 11.3. The van der Waals surface area contributed by atoms with Crippen LogP contribution in [0.5, 0.6) is 5.75 Å². The number of amides is 1. The minimum absolute atomic E-state index is 0.377. The standard InChI is InChI=1S/C12H17NO2/c1-3-9-13-12(14)15-11-8-6-5-7-10(11)4-2/h5-8H,3-4,9H2,1-2H3,(H,13,14). The average Bonchev–Trinajstić information content (AvgIpc) is 2.27. The van der Waals surface area contributed by atoms with Gasteiger partial charge in [-0.25, -0.2) is 4.79 Å². The molecule has 0 saturated carbocycles. The minimum Gasteiger partial charge on any atom is -0.410 e. The Labute approximate surface area is 90.4 Å². The first kappa shape index (κ1) is 11.6. The van der Waals surface area contributed by atoms with E-state index in [4.69, 9.17) is 4.74 Å². The summed E-state index contributed by atoms with van der Waals surface area (Å²) in [5.41, 5.74) is 1.05. The van der Waals surface area contributed by atoms with E-state index in [1.807, 2.05) is 38.1 Å². The van der Waals surface area contributed by atoms with Crippen molar-refractivity contribution in [2.75, 3.05) is 6.54 Å². The molecule has 82 valence electrons. The monoisotopic (exact) mass is 207 g/mol. The van der Waals surface area contributed by atoms with Crippen molar-refractivity contribution < 1.29 is 9.53 Å². The van der Waals surface area contributed by atoms with Crippen LogP contribution in [-0.2, 0) is 6.42 Å². The molecule has 1 aromatic rings. The van der Waals surface area contributed by atoms with E-state index in [1.54, 1.807) is 0 Å². The molecule has 0 bridgehead atoms. The molecule has 3 nitrogen and oxygen atoms in total. The number of nitrogens with one attached hydrogen (secondary N) is 1. The van der Waals surface area contributed by atoms with Gasteiger partial charge in [-0.15, -0.1) is 0 Å². The lowest BCUT2D eigenvalue weighted by Gasteiger charge is -2.08. The molecule has 0 aromatic heterocycles. The molecule has 1 N–H and O–H groups in total. The van der Waals surface area contributed by atoms with Crippen LogP contribution in [0, 0.1) is 0 Å². The summed E-state index contributed by atoms with van der Waals surface area (Å²) >= 11 is 0. The average molecular weight is 207 g/mol. The van der Waals surface area contributed by atoms with Crippen LogP contribution in [0.3, 0.4) is 0 Å². The van der Waals surface area contributed by atoms with E-state index in [2.05, 4.69) is 5.32 Å². The van der Waals surface area contributed by atoms with E-state index >= 15 is 0 Å². The van der Waals surface area contributed by atoms with E-state index in [-0.39, 0.29) is 6.09 Å². The normalized spacial score (nSPS) is 9.73. The van der Waals surface area contributed by atoms with Gasteiger partial charge in [-0.05, 0) is 24.5 Å². The van der Waals surface area contributed by atoms with Gasteiger partial charge in [-0.1, -0.05) is 32.0 Å². The number of ether oxygens (including phenoxy) is 1. The third-order valence-electron chi connectivity index (χ3n) is 2.08. The van der Waals surface area contributed by atoms with E-state index in [0.717, 1.165) is 18.4 Å². The highest BCUT2D eigenvalue weighted by atomic mass is 16.6. The molecule has 0 spiro atoms. The second-order valence-corrected chi connectivity index (χ2v) is 3.28. The van der Waals surface area contributed by atoms with Gasteiger partial charge in [0.2, 0.25) is 0 Å². The van der Waals surface area contributed by atoms with Gasteiger partial charge in [0.05, 0.1) is 0 Å². The maximum atomic E-state index is 11.3. The van der Waals surface area contributed by atoms with Gasteiger partial charge in [-0.2, -0.15) is 0 Å². The van der Waals surface area contributed by atoms with Crippen molar-refractivity contribution in [2.45, 2.75) is 26.7 Å². The smallest absolute Gasteiger partial charge is 0.410 e. The van der Waals surface area contributed by atoms with Crippen LogP contribution in [0.25, 0.3) is 0 Å². The molecular formula is C12H17NO2. The molecular weight excluding hydrogens is 190 g/mol. The molecule has 3 heteroatoms. The molecule has 0 unspecified atom stereocenters. The Balaban J connectivity index is 2.59. The van der Waals surface area contributed by atoms with E-state index in [0.29, 0.717) is 12.3 Å². The van der Waals surface area contributed by atoms with Gasteiger partial charge in [0.15, 0.2) is 0 Å². The third kappa shape index (κ3) is 3.62. The van der Waals surface area contributed by atoms with E-state index in [1.165, 1.54) is 0 Å². The second kappa shape index (κ2) is 6.06. The molecule has 1 aromatic carbocycles. The Hall–Kier alpha value is -1.51. The fourth-order valence-corrected chi connectivity index (χ4v) is 1.26. The van der Waals surface area contributed by atoms with Crippen LogP contribution in [0.4, 0.5) is 4.79 Å². The van der Waals surface area contributed by atoms with Crippen LogP contribution in [0.2, 0.25) is 0 Å². The van der Waals surface area contributed by atoms with Crippen LogP contribution < -0.4 is 10.1 Å². The summed E-state index contributed by atoms with van der Waals surface area (Å²) in [6, 6.07) is 7.57. The van der Waals surface area contributed by atoms with Gasteiger partial charge in [0.25, 0.3) is 0 Å². The molecule has 0 radical (unpaired) electrons. The topological polar surface area (TPSA) is 38.3 Å². The summed E-state index contributed by atoms with van der Waals surface area (Å²) in [7, 11) is 0. The van der Waals surface area contributed by atoms with Crippen LogP contribution in [-0.4, -0.2) is 12.6 Å². The number of hydrogen-bond acceptors (Lipinski definition) is 2. The van der Waals surface area contributed by atoms with E-state index in [9.17, 15) is 4.79 Å². The van der Waals surface area contributed by atoms with Gasteiger partial charge in [0.1, 0.15) is 5.75 Å². The number of benzene rings is 1. The first-order valence-electron chi connectivity index (χ1n) is 5.31. The lowest BCUT2D eigenvalue weighted by molar-refractivity contribution is 0.200. The van der Waals surface area contributed by atoms with Gasteiger partial charge in [-0.3, -0.25) is 0 Å². The third-order valence-corrected chi connectivity index (χ3v) is 2.08. The zero-order valence-corrected chi connectivity index (χ0v) is 9.25. The molecule has 0 aliphatic carbocycles. The quantitative estimate of drug-likeness (QED) is 0.824. The minimum atomic E-state index is -0.377. The van der Waals surface area contributed by atoms with Crippen LogP contribution in [0.15, 0.2) is 24.3 Å². The fourth-order valence-electron chi connectivity index (χ4n) is 1.26. The highest BCUT2D eigenvalue weighted by Gasteiger charge is 2.05. The molecule has 1 amide bonds. The molecule has 1 rings (SSSR count). The number of rotatable bonds is 4. The SMILES string of the molecule is CCCNC(=O)Oc1ccccc1CC. The Morgan fingerprint density at radius 2 is 2.07 bits per heavy atom. The molecule has 15 heavy (non-hydrogen) atoms. The van der Waals surface area contributed by atoms with Crippen molar-refractivity contribution in [3.05, 3.63) is 29.8 Å². The molecule has 0 atom stereocenters. The number of carbonyl (C=O) groups is 1. The van der Waals surface area contributed by atoms with Gasteiger partial charge in [0, 0.05) is 6.54 Å². The summed E-state index contributed by atoms with van der Waals surface area (Å²) < 4.78 is 5.19. The lowest BCUT2D eigenvalue weighted by atomic mass is 10.1. The van der Waals surface area contributed by atoms with E-state index < -0.39 is 0 Å². The highest BCUT2D eigenvalue weighted by molar-refractivity contribution is 5.70. The molecule has 0 aliphatic heterocycles. The van der Waals surface area contributed by atoms with Crippen LogP contribution >= 0.6 is 0 Å². The number of aryl methyl sites for hydroxylation is 1. The van der Waals surface area contributed by atoms with Crippen molar-refractivity contribution in [3.8, 4) is 5.75 Å². The van der Waals surface area contributed by atoms with Gasteiger partial charge < -0.3 is 10.1 Å². The Morgan fingerprint density at radius 1 is 1.33 bits per heavy atom. The summed E-state index contributed by atoms with van der Waals surface area (Å²) in [6.45, 7) is 4.68. The first-order chi connectivity index (χ1) is 7.27. The summed E-state index contributed by atoms with van der Waals surface area (Å²) in [6.07, 6.45) is 1.39. The van der Waals surface area contributed by atoms with Crippen molar-refractivity contribution in [1.82, 2.24) is 5.32 Å². The van der Waals surface area contributed by atoms with Crippen LogP contribution in [0.1, 0.15) is 25.8 Å².